The van der Waals surface area contributed by atoms with Crippen molar-refractivity contribution in [3.8, 4) is 11.3 Å². The lowest BCUT2D eigenvalue weighted by molar-refractivity contribution is -0.138. The maximum absolute atomic E-state index is 11.8. The Morgan fingerprint density at radius 3 is 2.52 bits per heavy atom. The molecule has 1 amide bonds. The molecule has 0 bridgehead atoms. The largest absolute Gasteiger partial charge is 0.480 e. The van der Waals surface area contributed by atoms with Crippen LogP contribution in [0.2, 0.25) is 5.02 Å². The molecule has 1 aromatic carbocycles. The summed E-state index contributed by atoms with van der Waals surface area (Å²) in [5.74, 6) is -1.11. The Kier molecular flexibility index (Phi) is 4.62. The summed E-state index contributed by atoms with van der Waals surface area (Å²) in [4.78, 5) is 22.4. The van der Waals surface area contributed by atoms with Crippen LogP contribution < -0.4 is 11.1 Å². The van der Waals surface area contributed by atoms with Crippen molar-refractivity contribution in [3.05, 3.63) is 47.2 Å². The highest BCUT2D eigenvalue weighted by atomic mass is 35.5. The van der Waals surface area contributed by atoms with Gasteiger partial charge in [0.15, 0.2) is 5.76 Å². The number of benzene rings is 1. The van der Waals surface area contributed by atoms with E-state index >= 15 is 0 Å². The second-order valence-corrected chi connectivity index (χ2v) is 4.76. The summed E-state index contributed by atoms with van der Waals surface area (Å²) in [6, 6.07) is 8.96. The van der Waals surface area contributed by atoms with Gasteiger partial charge in [-0.05, 0) is 36.4 Å². The summed E-state index contributed by atoms with van der Waals surface area (Å²) in [5.41, 5.74) is 6.07. The van der Waals surface area contributed by atoms with Crippen LogP contribution in [-0.2, 0) is 4.79 Å². The summed E-state index contributed by atoms with van der Waals surface area (Å²) in [6.07, 6.45) is 0. The van der Waals surface area contributed by atoms with Gasteiger partial charge in [0.05, 0.1) is 0 Å². The number of rotatable bonds is 5. The van der Waals surface area contributed by atoms with Crippen molar-refractivity contribution in [2.75, 3.05) is 6.54 Å². The summed E-state index contributed by atoms with van der Waals surface area (Å²) in [5, 5.41) is 11.6. The Bertz CT molecular complexity index is 651. The molecule has 1 aromatic heterocycles. The topological polar surface area (TPSA) is 106 Å². The zero-order valence-electron chi connectivity index (χ0n) is 10.9. The highest BCUT2D eigenvalue weighted by Crippen LogP contribution is 2.23. The fourth-order valence-electron chi connectivity index (χ4n) is 1.61. The monoisotopic (exact) mass is 308 g/mol. The van der Waals surface area contributed by atoms with E-state index < -0.39 is 17.9 Å². The maximum atomic E-state index is 11.8. The molecule has 0 aliphatic rings. The molecule has 0 unspecified atom stereocenters. The first kappa shape index (κ1) is 15.1. The van der Waals surface area contributed by atoms with Gasteiger partial charge in [-0.15, -0.1) is 0 Å². The van der Waals surface area contributed by atoms with Gasteiger partial charge in [-0.1, -0.05) is 11.6 Å². The van der Waals surface area contributed by atoms with Crippen LogP contribution in [-0.4, -0.2) is 29.6 Å². The fourth-order valence-corrected chi connectivity index (χ4v) is 1.73. The van der Waals surface area contributed by atoms with Crippen LogP contribution in [0.1, 0.15) is 10.6 Å². The van der Waals surface area contributed by atoms with E-state index in [1.807, 2.05) is 0 Å². The zero-order valence-corrected chi connectivity index (χ0v) is 11.6. The van der Waals surface area contributed by atoms with Gasteiger partial charge in [0, 0.05) is 17.1 Å². The molecule has 21 heavy (non-hydrogen) atoms. The molecule has 0 aliphatic carbocycles. The first-order valence-corrected chi connectivity index (χ1v) is 6.47. The number of nitrogens with one attached hydrogen (secondary N) is 1. The lowest BCUT2D eigenvalue weighted by atomic mass is 10.2. The van der Waals surface area contributed by atoms with Crippen LogP contribution in [0.3, 0.4) is 0 Å². The third-order valence-corrected chi connectivity index (χ3v) is 3.01. The summed E-state index contributed by atoms with van der Waals surface area (Å²) >= 11 is 5.80. The number of halogens is 1. The smallest absolute Gasteiger partial charge is 0.322 e. The number of carbonyl (C=O) groups is 2. The summed E-state index contributed by atoms with van der Waals surface area (Å²) < 4.78 is 5.42. The lowest BCUT2D eigenvalue weighted by Gasteiger charge is -2.06. The van der Waals surface area contributed by atoms with Crippen molar-refractivity contribution < 1.29 is 19.1 Å². The molecule has 0 saturated heterocycles. The lowest BCUT2D eigenvalue weighted by Crippen LogP contribution is -2.42. The van der Waals surface area contributed by atoms with Crippen LogP contribution in [0, 0.1) is 0 Å². The molecule has 110 valence electrons. The SMILES string of the molecule is N[C@H](CNC(=O)c1ccc(-c2ccc(Cl)cc2)o1)C(=O)O. The molecule has 4 N–H and O–H groups in total. The van der Waals surface area contributed by atoms with Crippen LogP contribution in [0.15, 0.2) is 40.8 Å². The predicted octanol–water partition coefficient (Wildman–Crippen LogP) is 1.74. The van der Waals surface area contributed by atoms with E-state index in [1.54, 1.807) is 30.3 Å². The summed E-state index contributed by atoms with van der Waals surface area (Å²) in [6.45, 7) is -0.175. The molecule has 2 rings (SSSR count). The minimum absolute atomic E-state index is 0.0811. The molecule has 1 heterocycles. The van der Waals surface area contributed by atoms with Gasteiger partial charge in [0.1, 0.15) is 11.8 Å². The quantitative estimate of drug-likeness (QED) is 0.780. The Morgan fingerprint density at radius 1 is 1.24 bits per heavy atom. The zero-order chi connectivity index (χ0) is 15.4. The minimum atomic E-state index is -1.18. The molecule has 0 aliphatic heterocycles. The number of furan rings is 1. The van der Waals surface area contributed by atoms with Crippen LogP contribution in [0.25, 0.3) is 11.3 Å². The van der Waals surface area contributed by atoms with E-state index in [0.717, 1.165) is 5.56 Å². The second kappa shape index (κ2) is 6.43. The molecule has 0 spiro atoms. The molecule has 6 nitrogen and oxygen atoms in total. The van der Waals surface area contributed by atoms with Gasteiger partial charge in [-0.3, -0.25) is 9.59 Å². The Labute approximate surface area is 125 Å². The van der Waals surface area contributed by atoms with Crippen molar-refractivity contribution >= 4 is 23.5 Å². The first-order valence-electron chi connectivity index (χ1n) is 6.09. The maximum Gasteiger partial charge on any atom is 0.322 e. The Morgan fingerprint density at radius 2 is 1.90 bits per heavy atom. The van der Waals surface area contributed by atoms with Gasteiger partial charge in [-0.2, -0.15) is 0 Å². The van der Waals surface area contributed by atoms with Gasteiger partial charge >= 0.3 is 5.97 Å². The van der Waals surface area contributed by atoms with E-state index in [-0.39, 0.29) is 12.3 Å². The third kappa shape index (κ3) is 3.84. The molecule has 2 aromatic rings. The number of hydrogen-bond donors (Lipinski definition) is 3. The molecule has 0 fully saturated rings. The van der Waals surface area contributed by atoms with Crippen molar-refractivity contribution in [2.45, 2.75) is 6.04 Å². The number of carboxylic acid groups (broad SMARTS) is 1. The number of carbonyl (C=O) groups excluding carboxylic acids is 1. The van der Waals surface area contributed by atoms with Crippen molar-refractivity contribution in [1.29, 1.82) is 0 Å². The van der Waals surface area contributed by atoms with E-state index in [2.05, 4.69) is 5.32 Å². The third-order valence-electron chi connectivity index (χ3n) is 2.76. The molecular formula is C14H13ClN2O4. The van der Waals surface area contributed by atoms with E-state index in [9.17, 15) is 9.59 Å². The van der Waals surface area contributed by atoms with E-state index in [0.29, 0.717) is 10.8 Å². The van der Waals surface area contributed by atoms with Crippen LogP contribution in [0.5, 0.6) is 0 Å². The highest BCUT2D eigenvalue weighted by molar-refractivity contribution is 6.30. The Balaban J connectivity index is 2.04. The number of aliphatic carboxylic acids is 1. The van der Waals surface area contributed by atoms with Gasteiger partial charge in [0.2, 0.25) is 0 Å². The average Bonchev–Trinajstić information content (AvgIpc) is 2.94. The van der Waals surface area contributed by atoms with Crippen LogP contribution >= 0.6 is 11.6 Å². The van der Waals surface area contributed by atoms with Gasteiger partial charge in [-0.25, -0.2) is 0 Å². The number of hydrogen-bond acceptors (Lipinski definition) is 4. The van der Waals surface area contributed by atoms with Crippen molar-refractivity contribution in [1.82, 2.24) is 5.32 Å². The number of amides is 1. The predicted molar refractivity (Wildman–Crippen MR) is 77.1 cm³/mol. The standard InChI is InChI=1S/C14H13ClN2O4/c15-9-3-1-8(2-4-9)11-5-6-12(21-11)13(18)17-7-10(16)14(19)20/h1-6,10H,7,16H2,(H,17,18)(H,19,20)/t10-/m1/s1. The van der Waals surface area contributed by atoms with E-state index in [4.69, 9.17) is 26.9 Å². The van der Waals surface area contributed by atoms with Crippen molar-refractivity contribution in [3.63, 3.8) is 0 Å². The fraction of sp³-hybridized carbons (Fsp3) is 0.143. The van der Waals surface area contributed by atoms with Gasteiger partial charge in [0.25, 0.3) is 5.91 Å². The average molecular weight is 309 g/mol. The second-order valence-electron chi connectivity index (χ2n) is 4.33. The molecule has 7 heteroatoms. The molecule has 1 atom stereocenters. The Hall–Kier alpha value is -2.31. The van der Waals surface area contributed by atoms with Crippen molar-refractivity contribution in [2.24, 2.45) is 5.73 Å². The molecular weight excluding hydrogens is 296 g/mol. The normalized spacial score (nSPS) is 11.9. The van der Waals surface area contributed by atoms with Crippen LogP contribution in [0.4, 0.5) is 0 Å². The molecule has 0 saturated carbocycles. The minimum Gasteiger partial charge on any atom is -0.480 e. The first-order chi connectivity index (χ1) is 9.97. The van der Waals surface area contributed by atoms with Gasteiger partial charge < -0.3 is 20.6 Å². The number of nitrogens with two attached hydrogens (primary N) is 1. The highest BCUT2D eigenvalue weighted by Gasteiger charge is 2.16. The summed E-state index contributed by atoms with van der Waals surface area (Å²) in [7, 11) is 0. The number of carboxylic acids is 1. The van der Waals surface area contributed by atoms with E-state index in [1.165, 1.54) is 6.07 Å². The molecule has 0 radical (unpaired) electrons.